The minimum Gasteiger partial charge on any atom is -0.482 e. The summed E-state index contributed by atoms with van der Waals surface area (Å²) in [6.07, 6.45) is 0. The number of esters is 2. The Morgan fingerprint density at radius 1 is 0.605 bits per heavy atom. The molecule has 0 radical (unpaired) electrons. The monoisotopic (exact) mass is 528 g/mol. The molecule has 0 saturated heterocycles. The van der Waals surface area contributed by atoms with Gasteiger partial charge in [0.2, 0.25) is 0 Å². The first-order valence-corrected chi connectivity index (χ1v) is 9.99. The molecule has 38 heavy (non-hydrogen) atoms. The van der Waals surface area contributed by atoms with Crippen LogP contribution in [-0.2, 0) is 4.79 Å². The Bertz CT molecular complexity index is 1410. The molecule has 0 N–H and O–H groups in total. The lowest BCUT2D eigenvalue weighted by Crippen LogP contribution is -2.19. The van der Waals surface area contributed by atoms with Gasteiger partial charge in [-0.05, 0) is 36.4 Å². The van der Waals surface area contributed by atoms with Gasteiger partial charge in [0.25, 0.3) is 11.5 Å². The number of hydrogen-bond acceptors (Lipinski definition) is 13. The van der Waals surface area contributed by atoms with E-state index in [1.165, 1.54) is 12.1 Å². The normalized spacial score (nSPS) is 10.2. The molecule has 3 aromatic rings. The van der Waals surface area contributed by atoms with Crippen LogP contribution < -0.4 is 14.2 Å². The van der Waals surface area contributed by atoms with Crippen molar-refractivity contribution in [2.75, 3.05) is 6.61 Å². The Kier molecular flexibility index (Phi) is 7.81. The zero-order valence-electron chi connectivity index (χ0n) is 18.6. The minimum atomic E-state index is -1.21. The first-order valence-electron chi connectivity index (χ1n) is 9.99. The standard InChI is InChI=1S/C21H12N4O13/c26-18(37-19-14(22(28)29)3-1-4-15(19)23(30)31)11-36-13-9-7-12(8-10-13)21(27)38-20-16(24(32)33)5-2-6-17(20)25(34)35/h1-10H,11H2. The number of carbonyl (C=O) groups is 2. The van der Waals surface area contributed by atoms with Gasteiger partial charge < -0.3 is 14.2 Å². The molecule has 0 heterocycles. The van der Waals surface area contributed by atoms with Crippen LogP contribution in [0.2, 0.25) is 0 Å². The number of rotatable bonds is 10. The van der Waals surface area contributed by atoms with E-state index in [2.05, 4.69) is 0 Å². The molecule has 0 atom stereocenters. The number of nitrogens with zero attached hydrogens (tertiary/aromatic N) is 4. The van der Waals surface area contributed by atoms with Crippen LogP contribution in [0, 0.1) is 40.5 Å². The van der Waals surface area contributed by atoms with E-state index in [0.29, 0.717) is 0 Å². The molecule has 0 aliphatic heterocycles. The van der Waals surface area contributed by atoms with Gasteiger partial charge in [0.1, 0.15) is 5.75 Å². The number of hydrogen-bond donors (Lipinski definition) is 0. The van der Waals surface area contributed by atoms with Gasteiger partial charge >= 0.3 is 34.7 Å². The van der Waals surface area contributed by atoms with E-state index in [4.69, 9.17) is 14.2 Å². The molecule has 0 aromatic heterocycles. The lowest BCUT2D eigenvalue weighted by Gasteiger charge is -2.08. The zero-order valence-corrected chi connectivity index (χ0v) is 18.6. The lowest BCUT2D eigenvalue weighted by atomic mass is 10.2. The Hall–Kier alpha value is -6.00. The van der Waals surface area contributed by atoms with Gasteiger partial charge in [-0.3, -0.25) is 40.5 Å². The van der Waals surface area contributed by atoms with Gasteiger partial charge in [-0.25, -0.2) is 9.59 Å². The predicted octanol–water partition coefficient (Wildman–Crippen LogP) is 3.52. The van der Waals surface area contributed by atoms with Crippen LogP contribution in [0.4, 0.5) is 22.7 Å². The molecule has 0 bridgehead atoms. The second-order valence-corrected chi connectivity index (χ2v) is 6.96. The number of nitro groups is 4. The number of benzene rings is 3. The van der Waals surface area contributed by atoms with E-state index < -0.39 is 72.5 Å². The molecular formula is C21H12N4O13. The average molecular weight is 528 g/mol. The second-order valence-electron chi connectivity index (χ2n) is 6.96. The van der Waals surface area contributed by atoms with E-state index >= 15 is 0 Å². The molecule has 3 aromatic carbocycles. The van der Waals surface area contributed by atoms with Gasteiger partial charge in [0.15, 0.2) is 6.61 Å². The van der Waals surface area contributed by atoms with Crippen LogP contribution in [-0.4, -0.2) is 38.2 Å². The molecule has 194 valence electrons. The highest BCUT2D eigenvalue weighted by Gasteiger charge is 2.30. The zero-order chi connectivity index (χ0) is 28.0. The molecule has 3 rings (SSSR count). The van der Waals surface area contributed by atoms with Crippen molar-refractivity contribution < 1.29 is 43.5 Å². The number of nitro benzene ring substituents is 4. The topological polar surface area (TPSA) is 234 Å². The van der Waals surface area contributed by atoms with Crippen molar-refractivity contribution in [2.24, 2.45) is 0 Å². The van der Waals surface area contributed by atoms with E-state index in [-0.39, 0.29) is 11.3 Å². The van der Waals surface area contributed by atoms with Crippen molar-refractivity contribution in [3.8, 4) is 17.2 Å². The minimum absolute atomic E-state index is 0.0211. The molecule has 0 unspecified atom stereocenters. The van der Waals surface area contributed by atoms with Gasteiger partial charge in [-0.1, -0.05) is 0 Å². The van der Waals surface area contributed by atoms with Gasteiger partial charge in [-0.15, -0.1) is 0 Å². The summed E-state index contributed by atoms with van der Waals surface area (Å²) in [6, 6.07) is 10.3. The van der Waals surface area contributed by atoms with Gasteiger partial charge in [-0.2, -0.15) is 0 Å². The summed E-state index contributed by atoms with van der Waals surface area (Å²) in [5, 5.41) is 44.6. The maximum Gasteiger partial charge on any atom is 0.350 e. The third-order valence-corrected chi connectivity index (χ3v) is 4.59. The number of para-hydroxylation sites is 2. The maximum absolute atomic E-state index is 12.4. The molecule has 0 aliphatic carbocycles. The predicted molar refractivity (Wildman–Crippen MR) is 122 cm³/mol. The smallest absolute Gasteiger partial charge is 0.350 e. The largest absolute Gasteiger partial charge is 0.482 e. The van der Waals surface area contributed by atoms with E-state index in [1.54, 1.807) is 0 Å². The Morgan fingerprint density at radius 3 is 1.39 bits per heavy atom. The fraction of sp³-hybridized carbons (Fsp3) is 0.0476. The summed E-state index contributed by atoms with van der Waals surface area (Å²) in [6.45, 7) is -0.838. The highest BCUT2D eigenvalue weighted by Crippen LogP contribution is 2.37. The highest BCUT2D eigenvalue weighted by molar-refractivity contribution is 5.92. The number of ether oxygens (including phenoxy) is 3. The summed E-state index contributed by atoms with van der Waals surface area (Å²) in [4.78, 5) is 65.3. The fourth-order valence-corrected chi connectivity index (χ4v) is 2.93. The molecule has 17 heteroatoms. The second kappa shape index (κ2) is 11.2. The molecule has 0 saturated carbocycles. The van der Waals surface area contributed by atoms with Crippen LogP contribution in [0.3, 0.4) is 0 Å². The Labute approximate surface area is 209 Å². The van der Waals surface area contributed by atoms with Crippen molar-refractivity contribution >= 4 is 34.7 Å². The molecule has 0 spiro atoms. The average Bonchev–Trinajstić information content (AvgIpc) is 2.87. The molecule has 0 fully saturated rings. The van der Waals surface area contributed by atoms with Crippen LogP contribution in [0.15, 0.2) is 60.7 Å². The molecular weight excluding hydrogens is 516 g/mol. The highest BCUT2D eigenvalue weighted by atomic mass is 16.7. The van der Waals surface area contributed by atoms with Crippen LogP contribution in [0.1, 0.15) is 10.4 Å². The van der Waals surface area contributed by atoms with E-state index in [0.717, 1.165) is 48.5 Å². The van der Waals surface area contributed by atoms with E-state index in [1.807, 2.05) is 0 Å². The summed E-state index contributed by atoms with van der Waals surface area (Å²) >= 11 is 0. The maximum atomic E-state index is 12.4. The third-order valence-electron chi connectivity index (χ3n) is 4.59. The van der Waals surface area contributed by atoms with Gasteiger partial charge in [0.05, 0.1) is 25.3 Å². The fourth-order valence-electron chi connectivity index (χ4n) is 2.93. The Morgan fingerprint density at radius 2 is 1.00 bits per heavy atom. The third kappa shape index (κ3) is 5.97. The van der Waals surface area contributed by atoms with E-state index in [9.17, 15) is 50.0 Å². The quantitative estimate of drug-likeness (QED) is 0.159. The first-order chi connectivity index (χ1) is 18.0. The van der Waals surface area contributed by atoms with Crippen molar-refractivity contribution in [3.63, 3.8) is 0 Å². The summed E-state index contributed by atoms with van der Waals surface area (Å²) < 4.78 is 14.8. The van der Waals surface area contributed by atoms with Crippen LogP contribution in [0.25, 0.3) is 0 Å². The first kappa shape index (κ1) is 26.6. The molecule has 17 nitrogen and oxygen atoms in total. The summed E-state index contributed by atoms with van der Waals surface area (Å²) in [7, 11) is 0. The van der Waals surface area contributed by atoms with Crippen LogP contribution >= 0.6 is 0 Å². The summed E-state index contributed by atoms with van der Waals surface area (Å²) in [5.41, 5.74) is -3.42. The number of carbonyl (C=O) groups excluding carboxylic acids is 2. The summed E-state index contributed by atoms with van der Waals surface area (Å²) in [5.74, 6) is -4.14. The molecule has 0 amide bonds. The van der Waals surface area contributed by atoms with Crippen molar-refractivity contribution in [2.45, 2.75) is 0 Å². The van der Waals surface area contributed by atoms with Crippen molar-refractivity contribution in [3.05, 3.63) is 107 Å². The van der Waals surface area contributed by atoms with Crippen molar-refractivity contribution in [1.29, 1.82) is 0 Å². The lowest BCUT2D eigenvalue weighted by molar-refractivity contribution is -0.395. The van der Waals surface area contributed by atoms with Crippen molar-refractivity contribution in [1.82, 2.24) is 0 Å². The van der Waals surface area contributed by atoms with Gasteiger partial charge in [0, 0.05) is 24.3 Å². The Balaban J connectivity index is 1.70. The van der Waals surface area contributed by atoms with Crippen LogP contribution in [0.5, 0.6) is 17.2 Å². The SMILES string of the molecule is O=C(COc1ccc(C(=O)Oc2c([N+](=O)[O-])cccc2[N+](=O)[O-])cc1)Oc1c([N+](=O)[O-])cccc1[N+](=O)[O-]. The molecule has 0 aliphatic rings.